The molecule has 3 aromatic rings. The highest BCUT2D eigenvalue weighted by atomic mass is 16.5. The maximum Gasteiger partial charge on any atom is 0.256 e. The minimum Gasteiger partial charge on any atom is -0.494 e. The lowest BCUT2D eigenvalue weighted by Crippen LogP contribution is -2.47. The smallest absolute Gasteiger partial charge is 0.256 e. The number of hydrogen-bond donors (Lipinski definition) is 2. The van der Waals surface area contributed by atoms with Crippen LogP contribution in [-0.4, -0.2) is 37.5 Å². The third-order valence-corrected chi connectivity index (χ3v) is 6.20. The molecule has 1 atom stereocenters. The summed E-state index contributed by atoms with van der Waals surface area (Å²) in [5.74, 6) is 1.11. The van der Waals surface area contributed by atoms with Crippen LogP contribution in [0.4, 0.5) is 0 Å². The van der Waals surface area contributed by atoms with Gasteiger partial charge >= 0.3 is 0 Å². The van der Waals surface area contributed by atoms with Crippen LogP contribution >= 0.6 is 0 Å². The molecule has 0 bridgehead atoms. The molecule has 5 rings (SSSR count). The van der Waals surface area contributed by atoms with Crippen LogP contribution in [-0.2, 0) is 10.3 Å². The fourth-order valence-corrected chi connectivity index (χ4v) is 4.20. The molecule has 0 spiro atoms. The van der Waals surface area contributed by atoms with E-state index in [1.165, 1.54) is 6.33 Å². The Labute approximate surface area is 187 Å². The third kappa shape index (κ3) is 3.92. The Balaban J connectivity index is 1.49. The summed E-state index contributed by atoms with van der Waals surface area (Å²) in [4.78, 5) is 17.6. The molecule has 0 radical (unpaired) electrons. The average Bonchev–Trinajstić information content (AvgIpc) is 3.28. The second kappa shape index (κ2) is 8.26. The van der Waals surface area contributed by atoms with E-state index in [0.29, 0.717) is 30.5 Å². The molecule has 8 heteroatoms. The van der Waals surface area contributed by atoms with Crippen LogP contribution in [0.2, 0.25) is 0 Å². The quantitative estimate of drug-likeness (QED) is 0.527. The summed E-state index contributed by atoms with van der Waals surface area (Å²) < 4.78 is 7.81. The van der Waals surface area contributed by atoms with Gasteiger partial charge in [0, 0.05) is 12.6 Å². The SMILES string of the molecule is CCCCOc1ccc(C2(C)CC(c3ccn(C4CC4)n3)=C(c3ncn[nH]3)C(=O)N2)cc1. The lowest BCUT2D eigenvalue weighted by molar-refractivity contribution is -0.117. The second-order valence-electron chi connectivity index (χ2n) is 8.79. The van der Waals surface area contributed by atoms with Crippen LogP contribution in [0.15, 0.2) is 42.9 Å². The van der Waals surface area contributed by atoms with Gasteiger partial charge in [0.15, 0.2) is 5.82 Å². The summed E-state index contributed by atoms with van der Waals surface area (Å²) in [5.41, 5.74) is 2.62. The van der Waals surface area contributed by atoms with E-state index in [4.69, 9.17) is 9.84 Å². The van der Waals surface area contributed by atoms with Crippen molar-refractivity contribution in [2.24, 2.45) is 0 Å². The minimum atomic E-state index is -0.582. The molecule has 166 valence electrons. The molecule has 1 fully saturated rings. The van der Waals surface area contributed by atoms with Crippen molar-refractivity contribution in [3.8, 4) is 5.75 Å². The zero-order valence-corrected chi connectivity index (χ0v) is 18.5. The van der Waals surface area contributed by atoms with Crippen LogP contribution in [0.1, 0.15) is 69.1 Å². The van der Waals surface area contributed by atoms with Gasteiger partial charge in [-0.25, -0.2) is 4.98 Å². The number of hydrogen-bond acceptors (Lipinski definition) is 5. The molecule has 1 aliphatic carbocycles. The van der Waals surface area contributed by atoms with Crippen LogP contribution in [0.5, 0.6) is 5.75 Å². The topological polar surface area (TPSA) is 97.7 Å². The Morgan fingerprint density at radius 1 is 1.22 bits per heavy atom. The second-order valence-corrected chi connectivity index (χ2v) is 8.79. The fourth-order valence-electron chi connectivity index (χ4n) is 4.20. The molecule has 1 aliphatic heterocycles. The zero-order valence-electron chi connectivity index (χ0n) is 18.5. The number of H-pyrrole nitrogens is 1. The maximum absolute atomic E-state index is 13.3. The first-order valence-corrected chi connectivity index (χ1v) is 11.3. The summed E-state index contributed by atoms with van der Waals surface area (Å²) in [7, 11) is 0. The predicted molar refractivity (Wildman–Crippen MR) is 121 cm³/mol. The Kier molecular flexibility index (Phi) is 5.28. The monoisotopic (exact) mass is 432 g/mol. The number of rotatable bonds is 8. The average molecular weight is 433 g/mol. The van der Waals surface area contributed by atoms with Gasteiger partial charge in [-0.05, 0) is 55.5 Å². The van der Waals surface area contributed by atoms with Crippen molar-refractivity contribution in [2.75, 3.05) is 6.61 Å². The highest BCUT2D eigenvalue weighted by molar-refractivity contribution is 6.27. The molecule has 2 aliphatic rings. The lowest BCUT2D eigenvalue weighted by Gasteiger charge is -2.37. The van der Waals surface area contributed by atoms with Crippen molar-refractivity contribution in [1.29, 1.82) is 0 Å². The van der Waals surface area contributed by atoms with Crippen LogP contribution in [0, 0.1) is 0 Å². The molecule has 1 unspecified atom stereocenters. The molecule has 0 saturated heterocycles. The number of carbonyl (C=O) groups is 1. The normalized spacial score (nSPS) is 21.0. The van der Waals surface area contributed by atoms with Gasteiger partial charge < -0.3 is 10.1 Å². The summed E-state index contributed by atoms with van der Waals surface area (Å²) in [6, 6.07) is 10.5. The number of aromatic amines is 1. The zero-order chi connectivity index (χ0) is 22.1. The lowest BCUT2D eigenvalue weighted by atomic mass is 9.79. The van der Waals surface area contributed by atoms with Gasteiger partial charge in [-0.1, -0.05) is 25.5 Å². The molecule has 1 saturated carbocycles. The van der Waals surface area contributed by atoms with Gasteiger partial charge in [0.2, 0.25) is 0 Å². The predicted octanol–water partition coefficient (Wildman–Crippen LogP) is 3.86. The third-order valence-electron chi connectivity index (χ3n) is 6.20. The van der Waals surface area contributed by atoms with Gasteiger partial charge in [-0.15, -0.1) is 0 Å². The van der Waals surface area contributed by atoms with E-state index in [1.54, 1.807) is 0 Å². The van der Waals surface area contributed by atoms with E-state index in [9.17, 15) is 4.79 Å². The number of aromatic nitrogens is 5. The van der Waals surface area contributed by atoms with Crippen molar-refractivity contribution in [3.63, 3.8) is 0 Å². The first kappa shape index (κ1) is 20.5. The number of benzene rings is 1. The van der Waals surface area contributed by atoms with E-state index in [2.05, 4.69) is 27.4 Å². The Morgan fingerprint density at radius 2 is 2.03 bits per heavy atom. The van der Waals surface area contributed by atoms with Crippen molar-refractivity contribution < 1.29 is 9.53 Å². The largest absolute Gasteiger partial charge is 0.494 e. The summed E-state index contributed by atoms with van der Waals surface area (Å²) in [6.45, 7) is 4.90. The van der Waals surface area contributed by atoms with E-state index < -0.39 is 5.54 Å². The standard InChI is InChI=1S/C24H28N6O2/c1-3-4-13-32-18-9-5-16(6-10-18)24(2)14-19(20-11-12-30(29-20)17-7-8-17)21(23(31)27-24)22-25-15-26-28-22/h5-6,9-12,15,17H,3-4,7-8,13-14H2,1-2H3,(H,27,31)(H,25,26,28). The highest BCUT2D eigenvalue weighted by Crippen LogP contribution is 2.41. The molecule has 8 nitrogen and oxygen atoms in total. The van der Waals surface area contributed by atoms with Gasteiger partial charge in [0.25, 0.3) is 5.91 Å². The van der Waals surface area contributed by atoms with Gasteiger partial charge in [0.1, 0.15) is 12.1 Å². The van der Waals surface area contributed by atoms with E-state index in [1.807, 2.05) is 48.1 Å². The molecule has 2 N–H and O–H groups in total. The van der Waals surface area contributed by atoms with Crippen LogP contribution < -0.4 is 10.1 Å². The van der Waals surface area contributed by atoms with Gasteiger partial charge in [-0.2, -0.15) is 10.2 Å². The first-order valence-electron chi connectivity index (χ1n) is 11.3. The Bertz CT molecular complexity index is 1130. The van der Waals surface area contributed by atoms with E-state index in [0.717, 1.165) is 48.3 Å². The number of amides is 1. The van der Waals surface area contributed by atoms with Gasteiger partial charge in [-0.3, -0.25) is 14.6 Å². The number of ether oxygens (including phenoxy) is 1. The van der Waals surface area contributed by atoms with Crippen LogP contribution in [0.3, 0.4) is 0 Å². The van der Waals surface area contributed by atoms with Crippen molar-refractivity contribution >= 4 is 17.1 Å². The molecule has 1 aromatic carbocycles. The Hall–Kier alpha value is -3.42. The van der Waals surface area contributed by atoms with Crippen molar-refractivity contribution in [3.05, 3.63) is 59.9 Å². The maximum atomic E-state index is 13.3. The molecular weight excluding hydrogens is 404 g/mol. The number of nitrogens with zero attached hydrogens (tertiary/aromatic N) is 4. The fraction of sp³-hybridized carbons (Fsp3) is 0.417. The number of unbranched alkanes of at least 4 members (excludes halogenated alkanes) is 1. The Morgan fingerprint density at radius 3 is 2.72 bits per heavy atom. The highest BCUT2D eigenvalue weighted by Gasteiger charge is 2.39. The first-order chi connectivity index (χ1) is 15.6. The van der Waals surface area contributed by atoms with Crippen molar-refractivity contribution in [1.82, 2.24) is 30.3 Å². The van der Waals surface area contributed by atoms with E-state index >= 15 is 0 Å². The summed E-state index contributed by atoms with van der Waals surface area (Å²) in [5, 5.41) is 14.8. The molecule has 3 heterocycles. The molecular formula is C24H28N6O2. The van der Waals surface area contributed by atoms with Crippen LogP contribution in [0.25, 0.3) is 11.1 Å². The number of nitrogens with one attached hydrogen (secondary N) is 2. The number of carbonyl (C=O) groups excluding carboxylic acids is 1. The van der Waals surface area contributed by atoms with Gasteiger partial charge in [0.05, 0.1) is 29.5 Å². The molecule has 2 aromatic heterocycles. The van der Waals surface area contributed by atoms with E-state index in [-0.39, 0.29) is 5.91 Å². The van der Waals surface area contributed by atoms with Crippen molar-refractivity contribution in [2.45, 2.75) is 57.5 Å². The minimum absolute atomic E-state index is 0.185. The summed E-state index contributed by atoms with van der Waals surface area (Å²) >= 11 is 0. The molecule has 1 amide bonds. The summed E-state index contributed by atoms with van der Waals surface area (Å²) in [6.07, 6.45) is 8.45. The molecule has 32 heavy (non-hydrogen) atoms.